The number of halogens is 1. The largest absolute Gasteiger partial charge is 0.550 e. The second-order valence-corrected chi connectivity index (χ2v) is 3.69. The highest BCUT2D eigenvalue weighted by Gasteiger charge is 2.10. The van der Waals surface area contributed by atoms with Crippen LogP contribution in [0.25, 0.3) is 0 Å². The van der Waals surface area contributed by atoms with Gasteiger partial charge in [0.25, 0.3) is 0 Å². The first-order valence-corrected chi connectivity index (χ1v) is 4.67. The summed E-state index contributed by atoms with van der Waals surface area (Å²) < 4.78 is 0. The zero-order valence-electron chi connectivity index (χ0n) is 7.92. The number of aliphatic carboxylic acids is 1. The molecular weight excluding hydrogens is 202 g/mol. The SMILES string of the molecule is Cc1ccc([C@@H]([NH3+])CC(=O)[O-])cc1Cl. The van der Waals surface area contributed by atoms with Gasteiger partial charge in [-0.2, -0.15) is 0 Å². The van der Waals surface area contributed by atoms with Gasteiger partial charge in [0.05, 0.1) is 0 Å². The van der Waals surface area contributed by atoms with Crippen molar-refractivity contribution in [3.63, 3.8) is 0 Å². The van der Waals surface area contributed by atoms with Crippen LogP contribution in [0.2, 0.25) is 5.02 Å². The van der Waals surface area contributed by atoms with Gasteiger partial charge in [0.15, 0.2) is 0 Å². The Labute approximate surface area is 87.5 Å². The van der Waals surface area contributed by atoms with E-state index >= 15 is 0 Å². The van der Waals surface area contributed by atoms with E-state index in [2.05, 4.69) is 5.73 Å². The van der Waals surface area contributed by atoms with Crippen LogP contribution in [0.15, 0.2) is 18.2 Å². The Balaban J connectivity index is 2.85. The molecule has 0 aliphatic carbocycles. The zero-order chi connectivity index (χ0) is 10.7. The molecule has 0 heterocycles. The van der Waals surface area contributed by atoms with Crippen LogP contribution in [0.4, 0.5) is 0 Å². The number of carbonyl (C=O) groups is 1. The van der Waals surface area contributed by atoms with E-state index in [4.69, 9.17) is 11.6 Å². The van der Waals surface area contributed by atoms with E-state index in [-0.39, 0.29) is 12.5 Å². The third-order valence-corrected chi connectivity index (χ3v) is 2.49. The summed E-state index contributed by atoms with van der Waals surface area (Å²) in [7, 11) is 0. The maximum Gasteiger partial charge on any atom is 0.115 e. The van der Waals surface area contributed by atoms with Gasteiger partial charge in [-0.15, -0.1) is 0 Å². The number of carbonyl (C=O) groups excluding carboxylic acids is 1. The molecule has 0 saturated carbocycles. The number of benzene rings is 1. The van der Waals surface area contributed by atoms with Crippen LogP contribution in [0.3, 0.4) is 0 Å². The molecule has 0 amide bonds. The number of aryl methyl sites for hydroxylation is 1. The van der Waals surface area contributed by atoms with Crippen molar-refractivity contribution in [2.75, 3.05) is 0 Å². The highest BCUT2D eigenvalue weighted by atomic mass is 35.5. The Hall–Kier alpha value is -1.06. The van der Waals surface area contributed by atoms with E-state index in [0.717, 1.165) is 11.1 Å². The van der Waals surface area contributed by atoms with Crippen LogP contribution in [-0.4, -0.2) is 5.97 Å². The summed E-state index contributed by atoms with van der Waals surface area (Å²) in [4.78, 5) is 10.4. The van der Waals surface area contributed by atoms with Crippen molar-refractivity contribution in [1.29, 1.82) is 0 Å². The molecule has 0 saturated heterocycles. The highest BCUT2D eigenvalue weighted by molar-refractivity contribution is 6.31. The molecule has 1 aromatic rings. The van der Waals surface area contributed by atoms with Gasteiger partial charge in [-0.05, 0) is 18.6 Å². The number of carboxylic acid groups (broad SMARTS) is 1. The lowest BCUT2D eigenvalue weighted by molar-refractivity contribution is -0.430. The second kappa shape index (κ2) is 4.44. The molecule has 76 valence electrons. The van der Waals surface area contributed by atoms with Gasteiger partial charge in [0.1, 0.15) is 6.04 Å². The van der Waals surface area contributed by atoms with Crippen LogP contribution >= 0.6 is 11.6 Å². The molecular formula is C10H12ClNO2. The average molecular weight is 214 g/mol. The Morgan fingerprint density at radius 2 is 2.29 bits per heavy atom. The van der Waals surface area contributed by atoms with Gasteiger partial charge >= 0.3 is 0 Å². The molecule has 0 spiro atoms. The number of hydrogen-bond donors (Lipinski definition) is 1. The molecule has 0 aliphatic rings. The van der Waals surface area contributed by atoms with Crippen LogP contribution in [0, 0.1) is 6.92 Å². The topological polar surface area (TPSA) is 67.8 Å². The maximum atomic E-state index is 10.4. The van der Waals surface area contributed by atoms with Gasteiger partial charge in [-0.25, -0.2) is 0 Å². The van der Waals surface area contributed by atoms with Gasteiger partial charge < -0.3 is 15.6 Å². The van der Waals surface area contributed by atoms with Crippen LogP contribution in [0.5, 0.6) is 0 Å². The minimum atomic E-state index is -1.10. The first kappa shape index (κ1) is 11.0. The Morgan fingerprint density at radius 1 is 1.64 bits per heavy atom. The molecule has 1 atom stereocenters. The fraction of sp³-hybridized carbons (Fsp3) is 0.300. The van der Waals surface area contributed by atoms with Crippen molar-refractivity contribution >= 4 is 17.6 Å². The molecule has 14 heavy (non-hydrogen) atoms. The predicted octanol–water partition coefficient (Wildman–Crippen LogP) is 0.0714. The van der Waals surface area contributed by atoms with Crippen LogP contribution < -0.4 is 10.8 Å². The first-order chi connectivity index (χ1) is 6.50. The summed E-state index contributed by atoms with van der Waals surface area (Å²) in [5, 5.41) is 11.0. The van der Waals surface area contributed by atoms with Gasteiger partial charge in [0, 0.05) is 23.0 Å². The maximum absolute atomic E-state index is 10.4. The molecule has 1 rings (SSSR count). The van der Waals surface area contributed by atoms with Crippen molar-refractivity contribution in [2.45, 2.75) is 19.4 Å². The summed E-state index contributed by atoms with van der Waals surface area (Å²) in [6.07, 6.45) is -0.0839. The smallest absolute Gasteiger partial charge is 0.115 e. The summed E-state index contributed by atoms with van der Waals surface area (Å²) in [5.74, 6) is -1.10. The fourth-order valence-corrected chi connectivity index (χ4v) is 1.37. The van der Waals surface area contributed by atoms with E-state index in [9.17, 15) is 9.90 Å². The second-order valence-electron chi connectivity index (χ2n) is 3.28. The van der Waals surface area contributed by atoms with Crippen LogP contribution in [0.1, 0.15) is 23.6 Å². The summed E-state index contributed by atoms with van der Waals surface area (Å²) >= 11 is 5.90. The third-order valence-electron chi connectivity index (χ3n) is 2.08. The van der Waals surface area contributed by atoms with Crippen molar-refractivity contribution < 1.29 is 15.6 Å². The molecule has 0 bridgehead atoms. The van der Waals surface area contributed by atoms with E-state index < -0.39 is 5.97 Å². The third kappa shape index (κ3) is 2.72. The lowest BCUT2D eigenvalue weighted by Gasteiger charge is -2.10. The molecule has 3 N–H and O–H groups in total. The molecule has 0 fully saturated rings. The van der Waals surface area contributed by atoms with Crippen molar-refractivity contribution in [3.05, 3.63) is 34.3 Å². The minimum absolute atomic E-state index is 0.0839. The van der Waals surface area contributed by atoms with Gasteiger partial charge in [-0.3, -0.25) is 0 Å². The number of hydrogen-bond acceptors (Lipinski definition) is 2. The highest BCUT2D eigenvalue weighted by Crippen LogP contribution is 2.20. The van der Waals surface area contributed by atoms with Crippen LogP contribution in [-0.2, 0) is 4.79 Å². The Morgan fingerprint density at radius 3 is 2.79 bits per heavy atom. The Bertz CT molecular complexity index is 352. The average Bonchev–Trinajstić information content (AvgIpc) is 2.08. The quantitative estimate of drug-likeness (QED) is 0.772. The molecule has 1 aromatic carbocycles. The molecule has 0 radical (unpaired) electrons. The first-order valence-electron chi connectivity index (χ1n) is 4.29. The number of rotatable bonds is 3. The standard InChI is InChI=1S/C10H12ClNO2/c1-6-2-3-7(4-8(6)11)9(12)5-10(13)14/h2-4,9H,5,12H2,1H3,(H,13,14)/t9-/m0/s1. The number of carboxylic acids is 1. The molecule has 4 heteroatoms. The molecule has 0 unspecified atom stereocenters. The van der Waals surface area contributed by atoms with Crippen molar-refractivity contribution in [2.24, 2.45) is 0 Å². The lowest BCUT2D eigenvalue weighted by atomic mass is 10.0. The van der Waals surface area contributed by atoms with E-state index in [0.29, 0.717) is 5.02 Å². The van der Waals surface area contributed by atoms with Gasteiger partial charge in [-0.1, -0.05) is 23.7 Å². The number of quaternary nitrogens is 1. The van der Waals surface area contributed by atoms with Crippen molar-refractivity contribution in [3.8, 4) is 0 Å². The zero-order valence-corrected chi connectivity index (χ0v) is 8.67. The van der Waals surface area contributed by atoms with E-state index in [1.165, 1.54) is 0 Å². The minimum Gasteiger partial charge on any atom is -0.550 e. The molecule has 0 aliphatic heterocycles. The molecule has 0 aromatic heterocycles. The Kier molecular flexibility index (Phi) is 3.49. The van der Waals surface area contributed by atoms with E-state index in [1.807, 2.05) is 19.1 Å². The summed E-state index contributed by atoms with van der Waals surface area (Å²) in [5.41, 5.74) is 5.53. The predicted molar refractivity (Wildman–Crippen MR) is 51.4 cm³/mol. The fourth-order valence-electron chi connectivity index (χ4n) is 1.18. The summed E-state index contributed by atoms with van der Waals surface area (Å²) in [6.45, 7) is 1.89. The monoisotopic (exact) mass is 213 g/mol. The normalized spacial score (nSPS) is 12.5. The molecule has 3 nitrogen and oxygen atoms in total. The summed E-state index contributed by atoms with van der Waals surface area (Å²) in [6, 6.07) is 5.13. The van der Waals surface area contributed by atoms with E-state index in [1.54, 1.807) is 6.07 Å². The van der Waals surface area contributed by atoms with Crippen molar-refractivity contribution in [1.82, 2.24) is 0 Å². The van der Waals surface area contributed by atoms with Gasteiger partial charge in [0.2, 0.25) is 0 Å². The lowest BCUT2D eigenvalue weighted by Crippen LogP contribution is -2.55.